The number of anilines is 1. The van der Waals surface area contributed by atoms with Crippen LogP contribution in [-0.2, 0) is 10.8 Å². The first-order valence-corrected chi connectivity index (χ1v) is 7.32. The predicted octanol–water partition coefficient (Wildman–Crippen LogP) is 1.19. The normalized spacial score (nSPS) is 11.7. The number of aryl methyl sites for hydroxylation is 1. The molecule has 7 heteroatoms. The molecular formula is C12H16N2O4S. The van der Waals surface area contributed by atoms with E-state index in [-0.39, 0.29) is 17.8 Å². The molecule has 0 aliphatic carbocycles. The Balaban J connectivity index is 2.72. The molecule has 2 amide bonds. The van der Waals surface area contributed by atoms with Crippen molar-refractivity contribution in [1.82, 2.24) is 5.32 Å². The van der Waals surface area contributed by atoms with Crippen molar-refractivity contribution < 1.29 is 18.9 Å². The average molecular weight is 284 g/mol. The van der Waals surface area contributed by atoms with Crippen LogP contribution in [0.1, 0.15) is 15.9 Å². The van der Waals surface area contributed by atoms with Crippen LogP contribution in [0.15, 0.2) is 18.2 Å². The molecule has 0 aliphatic heterocycles. The lowest BCUT2D eigenvalue weighted by molar-refractivity contribution is 0.0697. The van der Waals surface area contributed by atoms with E-state index < -0.39 is 22.8 Å². The molecule has 0 spiro atoms. The Morgan fingerprint density at radius 1 is 1.37 bits per heavy atom. The maximum atomic E-state index is 11.6. The van der Waals surface area contributed by atoms with Gasteiger partial charge in [-0.1, -0.05) is 12.1 Å². The van der Waals surface area contributed by atoms with E-state index in [1.807, 2.05) is 0 Å². The van der Waals surface area contributed by atoms with Crippen LogP contribution < -0.4 is 10.6 Å². The molecule has 6 nitrogen and oxygen atoms in total. The SMILES string of the molecule is Cc1cccc(NC(=O)NCCS(C)=O)c1C(=O)O. The van der Waals surface area contributed by atoms with Crippen LogP contribution >= 0.6 is 0 Å². The lowest BCUT2D eigenvalue weighted by atomic mass is 10.1. The zero-order chi connectivity index (χ0) is 14.4. The molecule has 0 saturated heterocycles. The van der Waals surface area contributed by atoms with Crippen molar-refractivity contribution in [2.24, 2.45) is 0 Å². The first kappa shape index (κ1) is 15.2. The van der Waals surface area contributed by atoms with E-state index in [0.29, 0.717) is 11.3 Å². The van der Waals surface area contributed by atoms with Gasteiger partial charge < -0.3 is 15.7 Å². The molecule has 1 aromatic carbocycles. The average Bonchev–Trinajstić information content (AvgIpc) is 2.27. The minimum Gasteiger partial charge on any atom is -0.478 e. The zero-order valence-electron chi connectivity index (χ0n) is 10.7. The second-order valence-electron chi connectivity index (χ2n) is 3.96. The van der Waals surface area contributed by atoms with E-state index >= 15 is 0 Å². The monoisotopic (exact) mass is 284 g/mol. The number of benzene rings is 1. The molecule has 0 heterocycles. The van der Waals surface area contributed by atoms with Gasteiger partial charge in [0.05, 0.1) is 11.3 Å². The third-order valence-electron chi connectivity index (χ3n) is 2.41. The summed E-state index contributed by atoms with van der Waals surface area (Å²) >= 11 is 0. The molecular weight excluding hydrogens is 268 g/mol. The van der Waals surface area contributed by atoms with Crippen molar-refractivity contribution in [2.75, 3.05) is 23.9 Å². The zero-order valence-corrected chi connectivity index (χ0v) is 11.5. The second kappa shape index (κ2) is 6.89. The Labute approximate surface area is 113 Å². The fourth-order valence-corrected chi connectivity index (χ4v) is 1.92. The minimum atomic E-state index is -1.09. The number of carbonyl (C=O) groups is 2. The van der Waals surface area contributed by atoms with Gasteiger partial charge in [-0.15, -0.1) is 0 Å². The highest BCUT2D eigenvalue weighted by molar-refractivity contribution is 7.84. The molecule has 19 heavy (non-hydrogen) atoms. The van der Waals surface area contributed by atoms with Gasteiger partial charge in [-0.2, -0.15) is 0 Å². The van der Waals surface area contributed by atoms with Crippen molar-refractivity contribution in [3.63, 3.8) is 0 Å². The standard InChI is InChI=1S/C12H16N2O4S/c1-8-4-3-5-9(10(8)11(15)16)14-12(17)13-6-7-19(2)18/h3-5H,6-7H2,1-2H3,(H,15,16)(H2,13,14,17). The molecule has 1 unspecified atom stereocenters. The molecule has 3 N–H and O–H groups in total. The number of hydrogen-bond acceptors (Lipinski definition) is 3. The van der Waals surface area contributed by atoms with E-state index in [0.717, 1.165) is 0 Å². The molecule has 0 fully saturated rings. The van der Waals surface area contributed by atoms with Gasteiger partial charge in [0.25, 0.3) is 0 Å². The van der Waals surface area contributed by atoms with Crippen LogP contribution in [0.5, 0.6) is 0 Å². The number of carbonyl (C=O) groups excluding carboxylic acids is 1. The topological polar surface area (TPSA) is 95.5 Å². The molecule has 0 radical (unpaired) electrons. The van der Waals surface area contributed by atoms with Gasteiger partial charge in [0.15, 0.2) is 0 Å². The molecule has 104 valence electrons. The number of nitrogens with one attached hydrogen (secondary N) is 2. The summed E-state index contributed by atoms with van der Waals surface area (Å²) in [6.07, 6.45) is 1.54. The Hall–Kier alpha value is -1.89. The molecule has 0 aliphatic rings. The fraction of sp³-hybridized carbons (Fsp3) is 0.333. The lowest BCUT2D eigenvalue weighted by Gasteiger charge is -2.11. The van der Waals surface area contributed by atoms with Gasteiger partial charge >= 0.3 is 12.0 Å². The van der Waals surface area contributed by atoms with Gasteiger partial charge in [-0.05, 0) is 18.6 Å². The molecule has 1 atom stereocenters. The maximum Gasteiger partial charge on any atom is 0.338 e. The van der Waals surface area contributed by atoms with Crippen molar-refractivity contribution >= 4 is 28.5 Å². The van der Waals surface area contributed by atoms with E-state index in [1.165, 1.54) is 6.07 Å². The molecule has 0 aromatic heterocycles. The second-order valence-corrected chi connectivity index (χ2v) is 5.52. The quantitative estimate of drug-likeness (QED) is 0.757. The highest BCUT2D eigenvalue weighted by Crippen LogP contribution is 2.19. The number of carboxylic acid groups (broad SMARTS) is 1. The third kappa shape index (κ3) is 4.70. The van der Waals surface area contributed by atoms with Crippen LogP contribution in [-0.4, -0.2) is 39.9 Å². The number of aromatic carboxylic acids is 1. The fourth-order valence-electron chi connectivity index (χ4n) is 1.53. The van der Waals surface area contributed by atoms with Crippen molar-refractivity contribution in [2.45, 2.75) is 6.92 Å². The number of rotatable bonds is 5. The van der Waals surface area contributed by atoms with Gasteiger partial charge in [0.2, 0.25) is 0 Å². The Morgan fingerprint density at radius 2 is 2.05 bits per heavy atom. The Kier molecular flexibility index (Phi) is 5.50. The first-order chi connectivity index (χ1) is 8.91. The van der Waals surface area contributed by atoms with Crippen LogP contribution in [0.4, 0.5) is 10.5 Å². The molecule has 1 aromatic rings. The number of hydrogen-bond donors (Lipinski definition) is 3. The van der Waals surface area contributed by atoms with Gasteiger partial charge in [-0.3, -0.25) is 4.21 Å². The van der Waals surface area contributed by atoms with Crippen LogP contribution in [0.2, 0.25) is 0 Å². The number of amides is 2. The van der Waals surface area contributed by atoms with Crippen LogP contribution in [0.3, 0.4) is 0 Å². The summed E-state index contributed by atoms with van der Waals surface area (Å²) in [7, 11) is -0.980. The Morgan fingerprint density at radius 3 is 2.63 bits per heavy atom. The minimum absolute atomic E-state index is 0.0664. The third-order valence-corrected chi connectivity index (χ3v) is 3.19. The Bertz CT molecular complexity index is 516. The highest BCUT2D eigenvalue weighted by atomic mass is 32.2. The summed E-state index contributed by atoms with van der Waals surface area (Å²) in [6, 6.07) is 4.33. The molecule has 0 bridgehead atoms. The largest absolute Gasteiger partial charge is 0.478 e. The van der Waals surface area contributed by atoms with Crippen molar-refractivity contribution in [3.05, 3.63) is 29.3 Å². The van der Waals surface area contributed by atoms with E-state index in [4.69, 9.17) is 5.11 Å². The van der Waals surface area contributed by atoms with Gasteiger partial charge in [0, 0.05) is 29.4 Å². The lowest BCUT2D eigenvalue weighted by Crippen LogP contribution is -2.32. The van der Waals surface area contributed by atoms with E-state index in [1.54, 1.807) is 25.3 Å². The summed E-state index contributed by atoms with van der Waals surface area (Å²) < 4.78 is 10.8. The summed E-state index contributed by atoms with van der Waals surface area (Å²) in [5.74, 6) is -0.740. The molecule has 1 rings (SSSR count). The molecule has 0 saturated carbocycles. The van der Waals surface area contributed by atoms with E-state index in [9.17, 15) is 13.8 Å². The number of urea groups is 1. The smallest absolute Gasteiger partial charge is 0.338 e. The first-order valence-electron chi connectivity index (χ1n) is 5.59. The summed E-state index contributed by atoms with van der Waals surface area (Å²) in [5, 5.41) is 14.1. The van der Waals surface area contributed by atoms with Crippen molar-refractivity contribution in [1.29, 1.82) is 0 Å². The van der Waals surface area contributed by atoms with E-state index in [2.05, 4.69) is 10.6 Å². The van der Waals surface area contributed by atoms with Gasteiger partial charge in [-0.25, -0.2) is 9.59 Å². The summed E-state index contributed by atoms with van der Waals surface area (Å²) in [4.78, 5) is 22.7. The number of carboxylic acids is 1. The predicted molar refractivity (Wildman–Crippen MR) is 74.1 cm³/mol. The van der Waals surface area contributed by atoms with Crippen LogP contribution in [0.25, 0.3) is 0 Å². The van der Waals surface area contributed by atoms with Gasteiger partial charge in [0.1, 0.15) is 0 Å². The highest BCUT2D eigenvalue weighted by Gasteiger charge is 2.14. The summed E-state index contributed by atoms with van der Waals surface area (Å²) in [5.41, 5.74) is 0.874. The van der Waals surface area contributed by atoms with Crippen molar-refractivity contribution in [3.8, 4) is 0 Å². The summed E-state index contributed by atoms with van der Waals surface area (Å²) in [6.45, 7) is 1.93. The maximum absolute atomic E-state index is 11.6. The van der Waals surface area contributed by atoms with Crippen LogP contribution in [0, 0.1) is 6.92 Å².